The zero-order valence-electron chi connectivity index (χ0n) is 17.4. The molecule has 0 saturated carbocycles. The summed E-state index contributed by atoms with van der Waals surface area (Å²) in [4.78, 5) is 62.5. The Morgan fingerprint density at radius 3 is 1.82 bits per heavy atom. The van der Waals surface area contributed by atoms with Crippen molar-refractivity contribution in [3.8, 4) is 0 Å². The van der Waals surface area contributed by atoms with Crippen molar-refractivity contribution in [2.75, 3.05) is 11.5 Å². The molecule has 0 aliphatic carbocycles. The van der Waals surface area contributed by atoms with E-state index < -0.39 is 47.9 Å². The Labute approximate surface area is 199 Å². The average molecular weight is 499 g/mol. The van der Waals surface area contributed by atoms with Gasteiger partial charge in [0, 0.05) is 48.1 Å². The second kappa shape index (κ2) is 12.9. The predicted octanol–water partition coefficient (Wildman–Crippen LogP) is -2.36. The molecule has 0 aliphatic heterocycles. The SMILES string of the molecule is NC(Cc1cnc[nH]1)C(=O)NC(CS)C(=O)NC(Cc1cnc[nH]1)C(=O)NC(CS)C(=O)O. The van der Waals surface area contributed by atoms with Crippen molar-refractivity contribution < 1.29 is 24.3 Å². The summed E-state index contributed by atoms with van der Waals surface area (Å²) in [5, 5.41) is 16.5. The lowest BCUT2D eigenvalue weighted by atomic mass is 10.1. The van der Waals surface area contributed by atoms with Crippen molar-refractivity contribution in [1.29, 1.82) is 0 Å². The molecule has 0 saturated heterocycles. The molecule has 0 fully saturated rings. The molecule has 2 aromatic rings. The van der Waals surface area contributed by atoms with Crippen molar-refractivity contribution in [1.82, 2.24) is 35.9 Å². The topological polar surface area (TPSA) is 208 Å². The number of carbonyl (C=O) groups excluding carboxylic acids is 3. The van der Waals surface area contributed by atoms with Crippen molar-refractivity contribution in [3.63, 3.8) is 0 Å². The maximum atomic E-state index is 12.8. The quantitative estimate of drug-likeness (QED) is 0.136. The summed E-state index contributed by atoms with van der Waals surface area (Å²) < 4.78 is 0. The van der Waals surface area contributed by atoms with Gasteiger partial charge in [0.05, 0.1) is 18.7 Å². The van der Waals surface area contributed by atoms with Gasteiger partial charge in [0.2, 0.25) is 17.7 Å². The van der Waals surface area contributed by atoms with E-state index in [0.717, 1.165) is 0 Å². The van der Waals surface area contributed by atoms with E-state index >= 15 is 0 Å². The van der Waals surface area contributed by atoms with E-state index in [1.165, 1.54) is 25.0 Å². The highest BCUT2D eigenvalue weighted by Gasteiger charge is 2.30. The van der Waals surface area contributed by atoms with Crippen LogP contribution in [0.15, 0.2) is 25.0 Å². The van der Waals surface area contributed by atoms with Crippen molar-refractivity contribution in [2.45, 2.75) is 37.0 Å². The molecule has 0 radical (unpaired) electrons. The zero-order valence-corrected chi connectivity index (χ0v) is 19.2. The van der Waals surface area contributed by atoms with Crippen LogP contribution in [0, 0.1) is 0 Å². The number of aliphatic carboxylic acids is 1. The fourth-order valence-electron chi connectivity index (χ4n) is 2.75. The van der Waals surface area contributed by atoms with Crippen LogP contribution in [0.2, 0.25) is 0 Å². The number of hydrogen-bond donors (Lipinski definition) is 9. The first kappa shape index (κ1) is 26.2. The molecule has 180 valence electrons. The Morgan fingerprint density at radius 1 is 0.848 bits per heavy atom. The van der Waals surface area contributed by atoms with E-state index in [-0.39, 0.29) is 24.3 Å². The molecule has 8 N–H and O–H groups in total. The fourth-order valence-corrected chi connectivity index (χ4v) is 3.26. The number of rotatable bonds is 13. The van der Waals surface area contributed by atoms with Crippen LogP contribution in [0.4, 0.5) is 0 Å². The highest BCUT2D eigenvalue weighted by atomic mass is 32.1. The molecule has 2 rings (SSSR count). The van der Waals surface area contributed by atoms with Crippen molar-refractivity contribution >= 4 is 48.9 Å². The molecule has 2 aromatic heterocycles. The summed E-state index contributed by atoms with van der Waals surface area (Å²) in [6.07, 6.45) is 6.03. The minimum Gasteiger partial charge on any atom is -0.480 e. The first-order valence-corrected chi connectivity index (χ1v) is 11.1. The van der Waals surface area contributed by atoms with Crippen molar-refractivity contribution in [2.24, 2.45) is 5.73 Å². The van der Waals surface area contributed by atoms with Crippen LogP contribution >= 0.6 is 25.3 Å². The lowest BCUT2D eigenvalue weighted by Gasteiger charge is -2.24. The number of nitrogens with two attached hydrogens (primary N) is 1. The third-order valence-corrected chi connectivity index (χ3v) is 5.29. The molecule has 0 spiro atoms. The van der Waals surface area contributed by atoms with E-state index in [2.05, 4.69) is 61.1 Å². The Bertz CT molecular complexity index is 924. The van der Waals surface area contributed by atoms with Crippen LogP contribution in [0.25, 0.3) is 0 Å². The van der Waals surface area contributed by atoms with Gasteiger partial charge in [-0.2, -0.15) is 25.3 Å². The molecule has 4 unspecified atom stereocenters. The van der Waals surface area contributed by atoms with Crippen LogP contribution in [0.1, 0.15) is 11.4 Å². The minimum atomic E-state index is -1.27. The second-order valence-electron chi connectivity index (χ2n) is 7.06. The molecular formula is C18H26N8O5S2. The molecule has 0 aliphatic rings. The van der Waals surface area contributed by atoms with Crippen LogP contribution in [0.3, 0.4) is 0 Å². The summed E-state index contributed by atoms with van der Waals surface area (Å²) in [6, 6.07) is -4.44. The third kappa shape index (κ3) is 8.11. The Balaban J connectivity index is 2.05. The van der Waals surface area contributed by atoms with Gasteiger partial charge in [-0.15, -0.1) is 0 Å². The molecule has 2 heterocycles. The number of nitrogens with one attached hydrogen (secondary N) is 5. The standard InChI is InChI=1S/C18H26N8O5S2/c19-11(1-9-3-20-7-22-9)15(27)25-13(5-32)17(29)24-12(2-10-4-21-8-23-10)16(28)26-14(6-33)18(30)31/h3-4,7-8,11-14,32-33H,1-2,5-6,19H2,(H,20,22)(H,21,23)(H,24,29)(H,25,27)(H,26,28)(H,30,31). The van der Waals surface area contributed by atoms with Crippen LogP contribution < -0.4 is 21.7 Å². The van der Waals surface area contributed by atoms with Gasteiger partial charge in [0.1, 0.15) is 18.1 Å². The summed E-state index contributed by atoms with van der Waals surface area (Å²) in [6.45, 7) is 0. The number of hydrogen-bond acceptors (Lipinski definition) is 9. The van der Waals surface area contributed by atoms with E-state index in [1.54, 1.807) is 0 Å². The number of carboxylic acid groups (broad SMARTS) is 1. The molecule has 0 bridgehead atoms. The van der Waals surface area contributed by atoms with E-state index in [4.69, 9.17) is 10.8 Å². The molecule has 13 nitrogen and oxygen atoms in total. The monoisotopic (exact) mass is 498 g/mol. The Morgan fingerprint density at radius 2 is 1.33 bits per heavy atom. The number of amides is 3. The highest BCUT2D eigenvalue weighted by Crippen LogP contribution is 2.03. The number of aromatic nitrogens is 4. The fraction of sp³-hybridized carbons (Fsp3) is 0.444. The highest BCUT2D eigenvalue weighted by molar-refractivity contribution is 7.80. The maximum absolute atomic E-state index is 12.8. The first-order chi connectivity index (χ1) is 15.7. The van der Waals surface area contributed by atoms with E-state index in [1.807, 2.05) is 0 Å². The predicted molar refractivity (Wildman–Crippen MR) is 124 cm³/mol. The molecule has 3 amide bonds. The normalized spacial score (nSPS) is 14.5. The number of nitrogens with zero attached hydrogens (tertiary/aromatic N) is 2. The van der Waals surface area contributed by atoms with Gasteiger partial charge in [0.25, 0.3) is 0 Å². The van der Waals surface area contributed by atoms with Gasteiger partial charge >= 0.3 is 5.97 Å². The van der Waals surface area contributed by atoms with Gasteiger partial charge < -0.3 is 36.8 Å². The maximum Gasteiger partial charge on any atom is 0.327 e. The van der Waals surface area contributed by atoms with Gasteiger partial charge in [-0.25, -0.2) is 14.8 Å². The summed E-state index contributed by atoms with van der Waals surface area (Å²) in [5.41, 5.74) is 7.08. The summed E-state index contributed by atoms with van der Waals surface area (Å²) >= 11 is 8.03. The first-order valence-electron chi connectivity index (χ1n) is 9.80. The van der Waals surface area contributed by atoms with E-state index in [9.17, 15) is 19.2 Å². The van der Waals surface area contributed by atoms with Crippen molar-refractivity contribution in [3.05, 3.63) is 36.4 Å². The molecule has 15 heteroatoms. The Kier molecular flexibility index (Phi) is 10.2. The summed E-state index contributed by atoms with van der Waals surface area (Å²) in [7, 11) is 0. The van der Waals surface area contributed by atoms with Gasteiger partial charge in [-0.3, -0.25) is 14.4 Å². The molecule has 0 aromatic carbocycles. The Hall–Kier alpha value is -3.04. The van der Waals surface area contributed by atoms with E-state index in [0.29, 0.717) is 11.4 Å². The van der Waals surface area contributed by atoms with Crippen LogP contribution in [-0.4, -0.2) is 84.4 Å². The van der Waals surface area contributed by atoms with Gasteiger partial charge in [-0.1, -0.05) is 0 Å². The number of thiol groups is 2. The molecular weight excluding hydrogens is 472 g/mol. The minimum absolute atomic E-state index is 0.00304. The number of imidazole rings is 2. The van der Waals surface area contributed by atoms with Gasteiger partial charge in [-0.05, 0) is 0 Å². The summed E-state index contributed by atoms with van der Waals surface area (Å²) in [5.74, 6) is -3.49. The second-order valence-corrected chi connectivity index (χ2v) is 7.79. The molecule has 33 heavy (non-hydrogen) atoms. The van der Waals surface area contributed by atoms with Crippen LogP contribution in [0.5, 0.6) is 0 Å². The third-order valence-electron chi connectivity index (χ3n) is 4.56. The van der Waals surface area contributed by atoms with Crippen LogP contribution in [-0.2, 0) is 32.0 Å². The van der Waals surface area contributed by atoms with Gasteiger partial charge in [0.15, 0.2) is 0 Å². The zero-order chi connectivity index (χ0) is 24.4. The average Bonchev–Trinajstić information content (AvgIpc) is 3.48. The number of carbonyl (C=O) groups is 4. The molecule has 4 atom stereocenters. The lowest BCUT2D eigenvalue weighted by molar-refractivity contribution is -0.141. The number of aromatic amines is 2. The number of carboxylic acids is 1. The smallest absolute Gasteiger partial charge is 0.327 e. The number of H-pyrrole nitrogens is 2. The lowest BCUT2D eigenvalue weighted by Crippen LogP contribution is -2.58. The largest absolute Gasteiger partial charge is 0.480 e.